The molecule has 0 aromatic carbocycles. The summed E-state index contributed by atoms with van der Waals surface area (Å²) < 4.78 is 31.6. The van der Waals surface area contributed by atoms with Gasteiger partial charge < -0.3 is 10.5 Å². The standard InChI is InChI=1S/C13H19N3O3S2/c1-16(9-10-4-6-19-7-5-10)21(17,18)11-2-3-12(13(14)20)15-8-11/h2-3,8,10H,4-7,9H2,1H3,(H2,14,20). The zero-order chi connectivity index (χ0) is 15.5. The van der Waals surface area contributed by atoms with Crippen LogP contribution in [0, 0.1) is 5.92 Å². The van der Waals surface area contributed by atoms with E-state index in [0.717, 1.165) is 12.8 Å². The summed E-state index contributed by atoms with van der Waals surface area (Å²) in [4.78, 5) is 4.28. The predicted molar refractivity (Wildman–Crippen MR) is 83.5 cm³/mol. The fourth-order valence-corrected chi connectivity index (χ4v) is 3.56. The Hall–Kier alpha value is -1.09. The Labute approximate surface area is 130 Å². The minimum Gasteiger partial charge on any atom is -0.388 e. The average Bonchev–Trinajstić information content (AvgIpc) is 2.48. The maximum absolute atomic E-state index is 12.5. The molecule has 0 saturated carbocycles. The molecule has 0 unspecified atom stereocenters. The Balaban J connectivity index is 2.10. The number of ether oxygens (including phenoxy) is 1. The molecule has 2 N–H and O–H groups in total. The van der Waals surface area contributed by atoms with Crippen LogP contribution in [-0.4, -0.2) is 49.5 Å². The lowest BCUT2D eigenvalue weighted by molar-refractivity contribution is 0.0620. The first-order chi connectivity index (χ1) is 9.91. The Bertz CT molecular complexity index is 596. The van der Waals surface area contributed by atoms with Crippen molar-refractivity contribution in [3.05, 3.63) is 24.0 Å². The minimum atomic E-state index is -3.53. The number of aromatic nitrogens is 1. The highest BCUT2D eigenvalue weighted by atomic mass is 32.2. The molecule has 1 saturated heterocycles. The van der Waals surface area contributed by atoms with Crippen molar-refractivity contribution in [2.45, 2.75) is 17.7 Å². The average molecular weight is 329 g/mol. The van der Waals surface area contributed by atoms with Crippen LogP contribution >= 0.6 is 12.2 Å². The third-order valence-corrected chi connectivity index (χ3v) is 5.57. The van der Waals surface area contributed by atoms with E-state index in [-0.39, 0.29) is 9.88 Å². The molecule has 2 rings (SSSR count). The molecule has 6 nitrogen and oxygen atoms in total. The molecule has 0 bridgehead atoms. The molecule has 1 aliphatic rings. The molecular formula is C13H19N3O3S2. The van der Waals surface area contributed by atoms with E-state index in [1.807, 2.05) is 0 Å². The van der Waals surface area contributed by atoms with E-state index in [1.165, 1.54) is 22.6 Å². The van der Waals surface area contributed by atoms with Crippen molar-refractivity contribution in [3.8, 4) is 0 Å². The highest BCUT2D eigenvalue weighted by Gasteiger charge is 2.25. The first-order valence-corrected chi connectivity index (χ1v) is 8.56. The van der Waals surface area contributed by atoms with Gasteiger partial charge in [-0.2, -0.15) is 0 Å². The molecule has 1 fully saturated rings. The molecule has 2 heterocycles. The molecule has 1 aromatic rings. The first-order valence-electron chi connectivity index (χ1n) is 6.71. The normalized spacial score (nSPS) is 17.0. The lowest BCUT2D eigenvalue weighted by Gasteiger charge is -2.26. The van der Waals surface area contributed by atoms with Crippen molar-refractivity contribution in [2.75, 3.05) is 26.8 Å². The van der Waals surface area contributed by atoms with Gasteiger partial charge in [0.15, 0.2) is 0 Å². The van der Waals surface area contributed by atoms with Crippen LogP contribution in [0.3, 0.4) is 0 Å². The van der Waals surface area contributed by atoms with Gasteiger partial charge in [0.25, 0.3) is 0 Å². The largest absolute Gasteiger partial charge is 0.388 e. The number of nitrogens with zero attached hydrogens (tertiary/aromatic N) is 2. The SMILES string of the molecule is CN(CC1CCOCC1)S(=O)(=O)c1ccc(C(N)=S)nc1. The lowest BCUT2D eigenvalue weighted by atomic mass is 10.0. The fraction of sp³-hybridized carbons (Fsp3) is 0.538. The third kappa shape index (κ3) is 3.97. The topological polar surface area (TPSA) is 85.5 Å². The quantitative estimate of drug-likeness (QED) is 0.803. The van der Waals surface area contributed by atoms with Gasteiger partial charge in [0.05, 0.1) is 5.69 Å². The van der Waals surface area contributed by atoms with Crippen LogP contribution in [-0.2, 0) is 14.8 Å². The second kappa shape index (κ2) is 6.78. The van der Waals surface area contributed by atoms with E-state index in [1.54, 1.807) is 7.05 Å². The van der Waals surface area contributed by atoms with Crippen molar-refractivity contribution < 1.29 is 13.2 Å². The van der Waals surface area contributed by atoms with Gasteiger partial charge in [0.2, 0.25) is 10.0 Å². The molecule has 0 atom stereocenters. The fourth-order valence-electron chi connectivity index (χ4n) is 2.25. The summed E-state index contributed by atoms with van der Waals surface area (Å²) in [6.45, 7) is 1.88. The van der Waals surface area contributed by atoms with Crippen LogP contribution in [0.1, 0.15) is 18.5 Å². The van der Waals surface area contributed by atoms with Crippen molar-refractivity contribution in [1.29, 1.82) is 0 Å². The van der Waals surface area contributed by atoms with E-state index >= 15 is 0 Å². The molecule has 1 aliphatic heterocycles. The number of hydrogen-bond donors (Lipinski definition) is 1. The molecule has 0 radical (unpaired) electrons. The van der Waals surface area contributed by atoms with Gasteiger partial charge >= 0.3 is 0 Å². The van der Waals surface area contributed by atoms with Gasteiger partial charge in [-0.15, -0.1) is 0 Å². The molecule has 0 aliphatic carbocycles. The van der Waals surface area contributed by atoms with Gasteiger partial charge in [-0.3, -0.25) is 4.98 Å². The van der Waals surface area contributed by atoms with Crippen LogP contribution in [0.5, 0.6) is 0 Å². The van der Waals surface area contributed by atoms with Crippen molar-refractivity contribution in [2.24, 2.45) is 11.7 Å². The zero-order valence-electron chi connectivity index (χ0n) is 11.9. The van der Waals surface area contributed by atoms with Crippen LogP contribution in [0.25, 0.3) is 0 Å². The van der Waals surface area contributed by atoms with Gasteiger partial charge in [-0.05, 0) is 30.9 Å². The molecule has 116 valence electrons. The van der Waals surface area contributed by atoms with Gasteiger partial charge in [0, 0.05) is 33.0 Å². The second-order valence-electron chi connectivity index (χ2n) is 5.08. The number of thiocarbonyl (C=S) groups is 1. The molecule has 0 spiro atoms. The molecule has 21 heavy (non-hydrogen) atoms. The Kier molecular flexibility index (Phi) is 5.26. The monoisotopic (exact) mass is 329 g/mol. The van der Waals surface area contributed by atoms with Gasteiger partial charge in [0.1, 0.15) is 9.88 Å². The van der Waals surface area contributed by atoms with Crippen LogP contribution in [0.4, 0.5) is 0 Å². The maximum Gasteiger partial charge on any atom is 0.244 e. The van der Waals surface area contributed by atoms with E-state index in [9.17, 15) is 8.42 Å². The summed E-state index contributed by atoms with van der Waals surface area (Å²) in [5, 5.41) is 0. The van der Waals surface area contributed by atoms with Crippen molar-refractivity contribution >= 4 is 27.2 Å². The number of pyridine rings is 1. The van der Waals surface area contributed by atoms with E-state index in [2.05, 4.69) is 4.98 Å². The van der Waals surface area contributed by atoms with Crippen molar-refractivity contribution in [3.63, 3.8) is 0 Å². The highest BCUT2D eigenvalue weighted by molar-refractivity contribution is 7.89. The Morgan fingerprint density at radius 3 is 2.67 bits per heavy atom. The molecule has 1 aromatic heterocycles. The number of rotatable bonds is 5. The van der Waals surface area contributed by atoms with E-state index in [4.69, 9.17) is 22.7 Å². The zero-order valence-corrected chi connectivity index (χ0v) is 13.5. The minimum absolute atomic E-state index is 0.148. The summed E-state index contributed by atoms with van der Waals surface area (Å²) in [5.74, 6) is 0.336. The third-order valence-electron chi connectivity index (χ3n) is 3.55. The number of hydrogen-bond acceptors (Lipinski definition) is 5. The molecule has 8 heteroatoms. The summed E-state index contributed by atoms with van der Waals surface area (Å²) in [6.07, 6.45) is 3.07. The highest BCUT2D eigenvalue weighted by Crippen LogP contribution is 2.20. The van der Waals surface area contributed by atoms with E-state index < -0.39 is 10.0 Å². The maximum atomic E-state index is 12.5. The van der Waals surface area contributed by atoms with Gasteiger partial charge in [-0.25, -0.2) is 12.7 Å². The number of sulfonamides is 1. The Morgan fingerprint density at radius 1 is 1.48 bits per heavy atom. The summed E-state index contributed by atoms with van der Waals surface area (Å²) in [6, 6.07) is 3.01. The van der Waals surface area contributed by atoms with Crippen LogP contribution in [0.15, 0.2) is 23.2 Å². The van der Waals surface area contributed by atoms with Crippen molar-refractivity contribution in [1.82, 2.24) is 9.29 Å². The smallest absolute Gasteiger partial charge is 0.244 e. The molecular weight excluding hydrogens is 310 g/mol. The van der Waals surface area contributed by atoms with Crippen LogP contribution < -0.4 is 5.73 Å². The van der Waals surface area contributed by atoms with E-state index in [0.29, 0.717) is 31.4 Å². The lowest BCUT2D eigenvalue weighted by Crippen LogP contribution is -2.34. The first kappa shape index (κ1) is 16.3. The Morgan fingerprint density at radius 2 is 2.14 bits per heavy atom. The predicted octanol–water partition coefficient (Wildman–Crippen LogP) is 0.763. The summed E-state index contributed by atoms with van der Waals surface area (Å²) in [7, 11) is -1.95. The summed E-state index contributed by atoms with van der Waals surface area (Å²) in [5.41, 5.74) is 5.87. The van der Waals surface area contributed by atoms with Crippen LogP contribution in [0.2, 0.25) is 0 Å². The second-order valence-corrected chi connectivity index (χ2v) is 7.57. The molecule has 0 amide bonds. The van der Waals surface area contributed by atoms with Gasteiger partial charge in [-0.1, -0.05) is 12.2 Å². The summed E-state index contributed by atoms with van der Waals surface area (Å²) >= 11 is 4.80. The number of nitrogens with two attached hydrogens (primary N) is 1.